The molecule has 0 N–H and O–H groups in total. The van der Waals surface area contributed by atoms with E-state index < -0.39 is 0 Å². The highest BCUT2D eigenvalue weighted by Gasteiger charge is 1.98. The van der Waals surface area contributed by atoms with Crippen LogP contribution in [-0.4, -0.2) is 0 Å². The second-order valence-electron chi connectivity index (χ2n) is 3.49. The van der Waals surface area contributed by atoms with Crippen molar-refractivity contribution in [1.82, 2.24) is 0 Å². The largest absolute Gasteiger partial charge is 0.192 e. The van der Waals surface area contributed by atoms with E-state index in [9.17, 15) is 0 Å². The molecular weight excluding hydrogens is 224 g/mol. The zero-order chi connectivity index (χ0) is 12.8. The van der Waals surface area contributed by atoms with Crippen LogP contribution in [0, 0.1) is 22.7 Å². The fourth-order valence-corrected chi connectivity index (χ4v) is 1.40. The first kappa shape index (κ1) is 11.5. The average Bonchev–Trinajstić information content (AvgIpc) is 2.45. The quantitative estimate of drug-likeness (QED) is 0.737. The molecule has 0 bridgehead atoms. The zero-order valence-electron chi connectivity index (χ0n) is 9.41. The summed E-state index contributed by atoms with van der Waals surface area (Å²) in [6, 6.07) is 17.9. The van der Waals surface area contributed by atoms with Gasteiger partial charge in [0.1, 0.15) is 11.8 Å². The summed E-state index contributed by atoms with van der Waals surface area (Å²) in [4.78, 5) is 0. The van der Waals surface area contributed by atoms with Crippen LogP contribution in [0.25, 0.3) is 0 Å². The van der Waals surface area contributed by atoms with Crippen molar-refractivity contribution in [2.75, 3.05) is 0 Å². The van der Waals surface area contributed by atoms with Crippen molar-refractivity contribution in [3.63, 3.8) is 0 Å². The summed E-state index contributed by atoms with van der Waals surface area (Å²) < 4.78 is 0. The maximum Gasteiger partial charge on any atom is 0.103 e. The number of nitrogens with zero attached hydrogens (tertiary/aromatic N) is 4. The number of hydrogen-bond acceptors (Lipinski definition) is 4. The van der Waals surface area contributed by atoms with Crippen LogP contribution in [0.4, 0.5) is 11.4 Å². The van der Waals surface area contributed by atoms with Crippen molar-refractivity contribution in [3.8, 4) is 12.1 Å². The molecule has 0 saturated heterocycles. The van der Waals surface area contributed by atoms with Gasteiger partial charge in [-0.05, 0) is 30.3 Å². The Morgan fingerprint density at radius 2 is 1.67 bits per heavy atom. The normalized spacial score (nSPS) is 9.89. The molecule has 4 nitrogen and oxygen atoms in total. The van der Waals surface area contributed by atoms with E-state index in [0.717, 1.165) is 0 Å². The molecule has 0 radical (unpaired) electrons. The summed E-state index contributed by atoms with van der Waals surface area (Å²) >= 11 is 0. The molecular formula is C14H8N4. The number of nitriles is 2. The van der Waals surface area contributed by atoms with Crippen LogP contribution in [0.15, 0.2) is 58.8 Å². The second kappa shape index (κ2) is 5.38. The van der Waals surface area contributed by atoms with Crippen LogP contribution in [0.1, 0.15) is 11.1 Å². The van der Waals surface area contributed by atoms with Crippen molar-refractivity contribution in [3.05, 3.63) is 59.7 Å². The molecule has 0 heterocycles. The topological polar surface area (TPSA) is 72.3 Å². The zero-order valence-corrected chi connectivity index (χ0v) is 9.41. The number of rotatable bonds is 2. The molecule has 4 heteroatoms. The first-order valence-corrected chi connectivity index (χ1v) is 5.24. The van der Waals surface area contributed by atoms with Gasteiger partial charge in [-0.15, -0.1) is 5.11 Å². The minimum atomic E-state index is 0.470. The van der Waals surface area contributed by atoms with Gasteiger partial charge in [0.25, 0.3) is 0 Å². The monoisotopic (exact) mass is 232 g/mol. The van der Waals surface area contributed by atoms with E-state index in [4.69, 9.17) is 10.5 Å². The summed E-state index contributed by atoms with van der Waals surface area (Å²) in [5, 5.41) is 25.7. The molecule has 0 spiro atoms. The average molecular weight is 232 g/mol. The van der Waals surface area contributed by atoms with Gasteiger partial charge in [0, 0.05) is 0 Å². The molecule has 2 rings (SSSR count). The predicted molar refractivity (Wildman–Crippen MR) is 66.5 cm³/mol. The predicted octanol–water partition coefficient (Wildman–Crippen LogP) is 3.85. The highest BCUT2D eigenvalue weighted by Crippen LogP contribution is 2.21. The summed E-state index contributed by atoms with van der Waals surface area (Å²) in [6.07, 6.45) is 0. The van der Waals surface area contributed by atoms with Crippen molar-refractivity contribution in [1.29, 1.82) is 10.5 Å². The molecule has 0 unspecified atom stereocenters. The van der Waals surface area contributed by atoms with Crippen molar-refractivity contribution < 1.29 is 0 Å². The third-order valence-electron chi connectivity index (χ3n) is 2.27. The molecule has 84 valence electrons. The minimum Gasteiger partial charge on any atom is -0.192 e. The Bertz CT molecular complexity index is 675. The number of azo groups is 1. The molecule has 0 aromatic heterocycles. The van der Waals surface area contributed by atoms with E-state index in [1.807, 2.05) is 12.1 Å². The van der Waals surface area contributed by atoms with Crippen molar-refractivity contribution in [2.24, 2.45) is 10.2 Å². The lowest BCUT2D eigenvalue weighted by Gasteiger charge is -1.95. The molecule has 0 atom stereocenters. The fourth-order valence-electron chi connectivity index (χ4n) is 1.40. The standard InChI is InChI=1S/C14H8N4/c15-9-11-4-3-6-13(8-11)17-18-14-7-2-1-5-12(14)10-16/h1-8H. The van der Waals surface area contributed by atoms with Crippen LogP contribution in [0.2, 0.25) is 0 Å². The van der Waals surface area contributed by atoms with Crippen LogP contribution >= 0.6 is 0 Å². The van der Waals surface area contributed by atoms with Crippen molar-refractivity contribution >= 4 is 11.4 Å². The molecule has 0 aliphatic rings. The smallest absolute Gasteiger partial charge is 0.103 e. The third-order valence-corrected chi connectivity index (χ3v) is 2.27. The Morgan fingerprint density at radius 3 is 2.44 bits per heavy atom. The molecule has 18 heavy (non-hydrogen) atoms. The molecule has 0 aliphatic heterocycles. The van der Waals surface area contributed by atoms with Crippen LogP contribution in [0.3, 0.4) is 0 Å². The van der Waals surface area contributed by atoms with E-state index in [1.54, 1.807) is 48.5 Å². The highest BCUT2D eigenvalue weighted by molar-refractivity contribution is 5.53. The van der Waals surface area contributed by atoms with Crippen LogP contribution in [0.5, 0.6) is 0 Å². The SMILES string of the molecule is N#Cc1cccc(N=Nc2ccccc2C#N)c1. The Balaban J connectivity index is 2.31. The Labute approximate surface area is 104 Å². The highest BCUT2D eigenvalue weighted by atomic mass is 15.1. The van der Waals surface area contributed by atoms with Gasteiger partial charge in [-0.25, -0.2) is 0 Å². The molecule has 2 aromatic carbocycles. The Hall–Kier alpha value is -2.98. The van der Waals surface area contributed by atoms with Gasteiger partial charge in [0.05, 0.1) is 22.9 Å². The Morgan fingerprint density at radius 1 is 0.833 bits per heavy atom. The van der Waals surface area contributed by atoms with Crippen LogP contribution < -0.4 is 0 Å². The molecule has 2 aromatic rings. The lowest BCUT2D eigenvalue weighted by atomic mass is 10.2. The summed E-state index contributed by atoms with van der Waals surface area (Å²) in [5.74, 6) is 0. The number of benzene rings is 2. The van der Waals surface area contributed by atoms with E-state index in [-0.39, 0.29) is 0 Å². The summed E-state index contributed by atoms with van der Waals surface area (Å²) in [6.45, 7) is 0. The molecule has 0 fully saturated rings. The van der Waals surface area contributed by atoms with E-state index >= 15 is 0 Å². The molecule has 0 aliphatic carbocycles. The van der Waals surface area contributed by atoms with Gasteiger partial charge in [-0.1, -0.05) is 18.2 Å². The number of hydrogen-bond donors (Lipinski definition) is 0. The maximum atomic E-state index is 8.90. The van der Waals surface area contributed by atoms with Gasteiger partial charge < -0.3 is 0 Å². The minimum absolute atomic E-state index is 0.470. The van der Waals surface area contributed by atoms with Crippen LogP contribution in [-0.2, 0) is 0 Å². The maximum absolute atomic E-state index is 8.90. The fraction of sp³-hybridized carbons (Fsp3) is 0. The molecule has 0 amide bonds. The van der Waals surface area contributed by atoms with E-state index in [2.05, 4.69) is 10.2 Å². The first-order valence-electron chi connectivity index (χ1n) is 5.24. The Kier molecular flexibility index (Phi) is 3.44. The van der Waals surface area contributed by atoms with Gasteiger partial charge in [0.2, 0.25) is 0 Å². The summed E-state index contributed by atoms with van der Waals surface area (Å²) in [7, 11) is 0. The van der Waals surface area contributed by atoms with E-state index in [1.165, 1.54) is 0 Å². The first-order chi connectivity index (χ1) is 8.83. The lowest BCUT2D eigenvalue weighted by Crippen LogP contribution is -1.74. The third kappa shape index (κ3) is 2.58. The van der Waals surface area contributed by atoms with Gasteiger partial charge in [-0.2, -0.15) is 15.6 Å². The lowest BCUT2D eigenvalue weighted by molar-refractivity contribution is 1.22. The van der Waals surface area contributed by atoms with Gasteiger partial charge in [-0.3, -0.25) is 0 Å². The van der Waals surface area contributed by atoms with Crippen molar-refractivity contribution in [2.45, 2.75) is 0 Å². The second-order valence-corrected chi connectivity index (χ2v) is 3.49. The van der Waals surface area contributed by atoms with Gasteiger partial charge >= 0.3 is 0 Å². The van der Waals surface area contributed by atoms with E-state index in [0.29, 0.717) is 22.5 Å². The molecule has 0 saturated carbocycles. The summed E-state index contributed by atoms with van der Waals surface area (Å²) in [5.41, 5.74) is 2.10. The van der Waals surface area contributed by atoms with Gasteiger partial charge in [0.15, 0.2) is 0 Å².